The fraction of sp³-hybridized carbons (Fsp3) is 0.438. The summed E-state index contributed by atoms with van der Waals surface area (Å²) in [5.41, 5.74) is 4.78. The lowest BCUT2D eigenvalue weighted by molar-refractivity contribution is 0.0696. The van der Waals surface area contributed by atoms with Crippen LogP contribution in [0.4, 0.5) is 0 Å². The summed E-state index contributed by atoms with van der Waals surface area (Å²) >= 11 is 0. The summed E-state index contributed by atoms with van der Waals surface area (Å²) in [6.45, 7) is 9.21. The van der Waals surface area contributed by atoms with Gasteiger partial charge in [0.2, 0.25) is 0 Å². The molecule has 0 saturated carbocycles. The van der Waals surface area contributed by atoms with E-state index in [9.17, 15) is 9.90 Å². The molecular weight excluding hydrogens is 238 g/mol. The number of fused-ring (bicyclic) bond motifs is 1. The second-order valence-electron chi connectivity index (χ2n) is 5.21. The average Bonchev–Trinajstić information content (AvgIpc) is 2.59. The number of benzene rings is 1. The maximum Gasteiger partial charge on any atom is 0.336 e. The van der Waals surface area contributed by atoms with Crippen molar-refractivity contribution in [2.24, 2.45) is 0 Å². The van der Waals surface area contributed by atoms with Gasteiger partial charge >= 0.3 is 5.97 Å². The lowest BCUT2D eigenvalue weighted by Gasteiger charge is -2.08. The molecule has 0 bridgehead atoms. The van der Waals surface area contributed by atoms with Gasteiger partial charge in [0.1, 0.15) is 0 Å². The number of unbranched alkanes of at least 4 members (excludes halogenated alkanes) is 1. The number of carbonyl (C=O) groups is 1. The first-order chi connectivity index (χ1) is 8.97. The predicted octanol–water partition coefficient (Wildman–Crippen LogP) is 4.06. The summed E-state index contributed by atoms with van der Waals surface area (Å²) in [4.78, 5) is 11.3. The molecule has 1 N–H and O–H groups in total. The molecule has 3 heteroatoms. The summed E-state index contributed by atoms with van der Waals surface area (Å²) in [5.74, 6) is -0.849. The fourth-order valence-electron chi connectivity index (χ4n) is 2.63. The third kappa shape index (κ3) is 2.25. The first-order valence-electron chi connectivity index (χ1n) is 6.80. The van der Waals surface area contributed by atoms with Crippen molar-refractivity contribution in [1.29, 1.82) is 0 Å². The van der Waals surface area contributed by atoms with E-state index in [1.807, 2.05) is 19.1 Å². The standard InChI is InChI=1S/C16H21NO2/c1-5-6-7-17-12(4)11(3)14-8-10(2)13(16(18)19)9-15(14)17/h8-9H,5-7H2,1-4H3,(H,18,19). The van der Waals surface area contributed by atoms with Crippen LogP contribution in [0.15, 0.2) is 12.1 Å². The molecular formula is C16H21NO2. The molecule has 1 aromatic heterocycles. The summed E-state index contributed by atoms with van der Waals surface area (Å²) in [6.07, 6.45) is 2.25. The van der Waals surface area contributed by atoms with Crippen molar-refractivity contribution in [2.45, 2.75) is 47.1 Å². The van der Waals surface area contributed by atoms with Gasteiger partial charge in [-0.1, -0.05) is 13.3 Å². The third-order valence-corrected chi connectivity index (χ3v) is 3.95. The van der Waals surface area contributed by atoms with Crippen molar-refractivity contribution >= 4 is 16.9 Å². The van der Waals surface area contributed by atoms with Crippen LogP contribution in [0, 0.1) is 20.8 Å². The van der Waals surface area contributed by atoms with E-state index in [1.165, 1.54) is 16.6 Å². The Balaban J connectivity index is 2.70. The van der Waals surface area contributed by atoms with Gasteiger partial charge in [-0.25, -0.2) is 4.79 Å². The highest BCUT2D eigenvalue weighted by Gasteiger charge is 2.15. The number of nitrogens with zero attached hydrogens (tertiary/aromatic N) is 1. The van der Waals surface area contributed by atoms with Gasteiger partial charge < -0.3 is 9.67 Å². The molecule has 0 fully saturated rings. The van der Waals surface area contributed by atoms with Crippen LogP contribution in [0.2, 0.25) is 0 Å². The monoisotopic (exact) mass is 259 g/mol. The fourth-order valence-corrected chi connectivity index (χ4v) is 2.63. The normalized spacial score (nSPS) is 11.2. The smallest absolute Gasteiger partial charge is 0.336 e. The first kappa shape index (κ1) is 13.7. The number of aromatic carboxylic acids is 1. The topological polar surface area (TPSA) is 42.2 Å². The van der Waals surface area contributed by atoms with E-state index in [-0.39, 0.29) is 0 Å². The molecule has 2 aromatic rings. The highest BCUT2D eigenvalue weighted by molar-refractivity contribution is 5.96. The van der Waals surface area contributed by atoms with E-state index in [1.54, 1.807) is 0 Å². The minimum absolute atomic E-state index is 0.405. The van der Waals surface area contributed by atoms with Crippen LogP contribution in [-0.4, -0.2) is 15.6 Å². The summed E-state index contributed by atoms with van der Waals surface area (Å²) < 4.78 is 2.25. The quantitative estimate of drug-likeness (QED) is 0.899. The van der Waals surface area contributed by atoms with Crippen LogP contribution < -0.4 is 0 Å². The van der Waals surface area contributed by atoms with Gasteiger partial charge in [0.05, 0.1) is 5.56 Å². The molecule has 0 aliphatic rings. The Kier molecular flexibility index (Phi) is 3.65. The molecule has 3 nitrogen and oxygen atoms in total. The minimum Gasteiger partial charge on any atom is -0.478 e. The number of aromatic nitrogens is 1. The molecule has 0 spiro atoms. The van der Waals surface area contributed by atoms with Crippen LogP contribution in [0.5, 0.6) is 0 Å². The number of rotatable bonds is 4. The lowest BCUT2D eigenvalue weighted by Crippen LogP contribution is -2.03. The Bertz CT molecular complexity index is 638. The Morgan fingerprint density at radius 1 is 1.26 bits per heavy atom. The van der Waals surface area contributed by atoms with Crippen LogP contribution >= 0.6 is 0 Å². The van der Waals surface area contributed by atoms with Crippen molar-refractivity contribution in [3.05, 3.63) is 34.5 Å². The molecule has 0 unspecified atom stereocenters. The van der Waals surface area contributed by atoms with Crippen molar-refractivity contribution in [3.8, 4) is 0 Å². The van der Waals surface area contributed by atoms with Crippen molar-refractivity contribution in [1.82, 2.24) is 4.57 Å². The largest absolute Gasteiger partial charge is 0.478 e. The maximum absolute atomic E-state index is 11.3. The van der Waals surface area contributed by atoms with Gasteiger partial charge in [0.25, 0.3) is 0 Å². The van der Waals surface area contributed by atoms with Crippen LogP contribution in [-0.2, 0) is 6.54 Å². The molecule has 0 aliphatic carbocycles. The molecule has 2 rings (SSSR count). The second kappa shape index (κ2) is 5.08. The zero-order valence-corrected chi connectivity index (χ0v) is 12.1. The van der Waals surface area contributed by atoms with E-state index >= 15 is 0 Å². The van der Waals surface area contributed by atoms with E-state index in [4.69, 9.17) is 0 Å². The van der Waals surface area contributed by atoms with Gasteiger partial charge in [0.15, 0.2) is 0 Å². The first-order valence-corrected chi connectivity index (χ1v) is 6.80. The molecule has 0 atom stereocenters. The van der Waals surface area contributed by atoms with Crippen molar-refractivity contribution in [3.63, 3.8) is 0 Å². The minimum atomic E-state index is -0.849. The number of aryl methyl sites for hydroxylation is 3. The molecule has 0 radical (unpaired) electrons. The van der Waals surface area contributed by atoms with Gasteiger partial charge in [-0.2, -0.15) is 0 Å². The lowest BCUT2D eigenvalue weighted by atomic mass is 10.0. The van der Waals surface area contributed by atoms with Gasteiger partial charge in [-0.15, -0.1) is 0 Å². The van der Waals surface area contributed by atoms with E-state index in [0.29, 0.717) is 5.56 Å². The molecule has 19 heavy (non-hydrogen) atoms. The zero-order chi connectivity index (χ0) is 14.2. The van der Waals surface area contributed by atoms with Gasteiger partial charge in [-0.05, 0) is 50.5 Å². The van der Waals surface area contributed by atoms with Crippen molar-refractivity contribution in [2.75, 3.05) is 0 Å². The molecule has 102 valence electrons. The zero-order valence-electron chi connectivity index (χ0n) is 12.1. The Labute approximate surface area is 113 Å². The average molecular weight is 259 g/mol. The van der Waals surface area contributed by atoms with E-state index in [2.05, 4.69) is 25.3 Å². The molecule has 0 saturated heterocycles. The Morgan fingerprint density at radius 2 is 1.95 bits per heavy atom. The Hall–Kier alpha value is -1.77. The van der Waals surface area contributed by atoms with Crippen LogP contribution in [0.25, 0.3) is 10.9 Å². The second-order valence-corrected chi connectivity index (χ2v) is 5.21. The molecule has 0 aliphatic heterocycles. The molecule has 1 aromatic carbocycles. The van der Waals surface area contributed by atoms with Gasteiger partial charge in [0, 0.05) is 23.1 Å². The summed E-state index contributed by atoms with van der Waals surface area (Å²) in [6, 6.07) is 3.83. The molecule has 0 amide bonds. The predicted molar refractivity (Wildman–Crippen MR) is 78.0 cm³/mol. The SMILES string of the molecule is CCCCn1c(C)c(C)c2cc(C)c(C(=O)O)cc21. The molecule has 1 heterocycles. The van der Waals surface area contributed by atoms with Crippen molar-refractivity contribution < 1.29 is 9.90 Å². The van der Waals surface area contributed by atoms with E-state index < -0.39 is 5.97 Å². The van der Waals surface area contributed by atoms with Crippen LogP contribution in [0.3, 0.4) is 0 Å². The maximum atomic E-state index is 11.3. The highest BCUT2D eigenvalue weighted by Crippen LogP contribution is 2.28. The number of hydrogen-bond donors (Lipinski definition) is 1. The number of hydrogen-bond acceptors (Lipinski definition) is 1. The highest BCUT2D eigenvalue weighted by atomic mass is 16.4. The number of carboxylic acids is 1. The summed E-state index contributed by atoms with van der Waals surface area (Å²) in [5, 5.41) is 10.4. The van der Waals surface area contributed by atoms with E-state index in [0.717, 1.165) is 30.5 Å². The van der Waals surface area contributed by atoms with Gasteiger partial charge in [-0.3, -0.25) is 0 Å². The van der Waals surface area contributed by atoms with Crippen LogP contribution in [0.1, 0.15) is 46.9 Å². The summed E-state index contributed by atoms with van der Waals surface area (Å²) in [7, 11) is 0. The Morgan fingerprint density at radius 3 is 2.53 bits per heavy atom. The number of carboxylic acid groups (broad SMARTS) is 1. The third-order valence-electron chi connectivity index (χ3n) is 3.95.